The Bertz CT molecular complexity index is 4750. The Labute approximate surface area is 541 Å². The average Bonchev–Trinajstić information content (AvgIpc) is 1.51. The number of allylic oxidation sites excluding steroid dienone is 11. The highest BCUT2D eigenvalue weighted by molar-refractivity contribution is 5.95. The van der Waals surface area contributed by atoms with Crippen LogP contribution in [0, 0.1) is 5.92 Å². The largest absolute Gasteiger partial charge is 0.338 e. The molecule has 2 atom stereocenters. The van der Waals surface area contributed by atoms with Crippen molar-refractivity contribution in [2.24, 2.45) is 5.92 Å². The zero-order chi connectivity index (χ0) is 61.4. The molecule has 0 saturated carbocycles. The van der Waals surface area contributed by atoms with Gasteiger partial charge in [-0.25, -0.2) is 0 Å². The molecule has 12 aromatic rings. The summed E-state index contributed by atoms with van der Waals surface area (Å²) in [6, 6.07) is 119. The Morgan fingerprint density at radius 1 is 0.380 bits per heavy atom. The molecule has 0 bridgehead atoms. The molecule has 0 spiro atoms. The summed E-state index contributed by atoms with van der Waals surface area (Å²) >= 11 is 0. The molecule has 0 heterocycles. The number of rotatable bonds is 14. The molecule has 0 aromatic heterocycles. The lowest BCUT2D eigenvalue weighted by atomic mass is 9.63. The topological polar surface area (TPSA) is 6.48 Å². The van der Waals surface area contributed by atoms with Gasteiger partial charge in [-0.05, 0) is 174 Å². The third-order valence-corrected chi connectivity index (χ3v) is 19.7. The molecule has 4 aliphatic rings. The minimum Gasteiger partial charge on any atom is -0.338 e. The van der Waals surface area contributed by atoms with E-state index in [1.54, 1.807) is 0 Å². The van der Waals surface area contributed by atoms with Crippen molar-refractivity contribution < 1.29 is 0 Å². The zero-order valence-corrected chi connectivity index (χ0v) is 51.5. The Balaban J connectivity index is 0.930. The van der Waals surface area contributed by atoms with Crippen molar-refractivity contribution in [3.8, 4) is 22.3 Å². The Hall–Kier alpha value is -11.3. The van der Waals surface area contributed by atoms with Gasteiger partial charge in [0.25, 0.3) is 0 Å². The van der Waals surface area contributed by atoms with E-state index >= 15 is 0 Å². The van der Waals surface area contributed by atoms with Crippen molar-refractivity contribution in [1.82, 2.24) is 0 Å². The minimum absolute atomic E-state index is 0.0291. The van der Waals surface area contributed by atoms with E-state index in [1.165, 1.54) is 100 Å². The van der Waals surface area contributed by atoms with Crippen LogP contribution in [-0.4, -0.2) is 6.54 Å². The van der Waals surface area contributed by atoms with Crippen LogP contribution >= 0.6 is 0 Å². The van der Waals surface area contributed by atoms with Crippen molar-refractivity contribution in [3.05, 3.63) is 442 Å². The predicted molar refractivity (Wildman–Crippen MR) is 384 cm³/mol. The third kappa shape index (κ3) is 9.24. The number of benzene rings is 12. The molecule has 12 aromatic carbocycles. The molecule has 92 heavy (non-hydrogen) atoms. The van der Waals surface area contributed by atoms with Gasteiger partial charge in [0, 0.05) is 46.8 Å². The minimum atomic E-state index is -0.572. The van der Waals surface area contributed by atoms with Gasteiger partial charge in [0.2, 0.25) is 0 Å². The van der Waals surface area contributed by atoms with Gasteiger partial charge in [-0.15, -0.1) is 0 Å². The van der Waals surface area contributed by atoms with Crippen LogP contribution < -0.4 is 9.80 Å². The summed E-state index contributed by atoms with van der Waals surface area (Å²) in [5.74, 6) is -0.125. The van der Waals surface area contributed by atoms with Crippen molar-refractivity contribution >= 4 is 34.0 Å². The molecule has 0 aliphatic heterocycles. The SMILES string of the molecule is C\C=C/C=C1/C(c2ccc3c(c2)C(c2ccccc2)(c2ccccc2)c2ccccc2-3)=C2C=CC=CC2C(c2ccc3c(c2)C(c2ccccc2)(c2ccccc2)c2ccccc2-3)/C1=C/CN(c1ccccc1)c1ccc(N(c2ccccc2)c2ccccc2)cc1. The molecule has 0 radical (unpaired) electrons. The van der Waals surface area contributed by atoms with E-state index in [-0.39, 0.29) is 11.8 Å². The van der Waals surface area contributed by atoms with Crippen LogP contribution in [0.3, 0.4) is 0 Å². The van der Waals surface area contributed by atoms with E-state index in [9.17, 15) is 0 Å². The average molecular weight is 1180 g/mol. The molecule has 2 unspecified atom stereocenters. The van der Waals surface area contributed by atoms with Crippen LogP contribution in [0.1, 0.15) is 68.5 Å². The van der Waals surface area contributed by atoms with Gasteiger partial charge < -0.3 is 9.80 Å². The Morgan fingerprint density at radius 3 is 1.30 bits per heavy atom. The highest BCUT2D eigenvalue weighted by atomic mass is 15.2. The molecule has 16 rings (SSSR count). The smallest absolute Gasteiger partial charge is 0.0713 e. The van der Waals surface area contributed by atoms with Crippen LogP contribution in [0.4, 0.5) is 28.4 Å². The summed E-state index contributed by atoms with van der Waals surface area (Å²) in [6.07, 6.45) is 18.9. The first-order chi connectivity index (χ1) is 45.6. The molecular formula is C90H68N2. The lowest BCUT2D eigenvalue weighted by Crippen LogP contribution is -2.30. The van der Waals surface area contributed by atoms with E-state index < -0.39 is 10.8 Å². The first-order valence-corrected chi connectivity index (χ1v) is 32.3. The standard InChI is InChI=1S/C90H68N2/c1-2-3-45-79-82(60-61-91(70-39-19-8-20-40-70)71-54-56-74(57-55-71)92(72-41-21-9-22-42-72)73-43-23-10-24-44-73)88(65-53-59-78-76-47-28-30-51-84(76)90(86(78)63-65,68-35-15-6-16-36-68)69-37-17-7-18-38-69)81-49-26-25-48-80(81)87(79)64-52-58-77-75-46-27-29-50-83(75)89(85(77)62-64,66-31-11-4-12-32-66)67-33-13-5-14-34-67/h2-60,62-63,81,88H,61H2,1H3/b3-2-,79-45+,82-60+. The summed E-state index contributed by atoms with van der Waals surface area (Å²) in [5, 5.41) is 0. The van der Waals surface area contributed by atoms with Crippen molar-refractivity contribution in [2.75, 3.05) is 16.3 Å². The fraction of sp³-hybridized carbons (Fsp3) is 0.0667. The molecule has 0 N–H and O–H groups in total. The first-order valence-electron chi connectivity index (χ1n) is 32.3. The number of hydrogen-bond acceptors (Lipinski definition) is 2. The molecule has 2 heteroatoms. The van der Waals surface area contributed by atoms with Crippen molar-refractivity contribution in [2.45, 2.75) is 23.7 Å². The van der Waals surface area contributed by atoms with Gasteiger partial charge in [0.15, 0.2) is 0 Å². The van der Waals surface area contributed by atoms with Crippen LogP contribution in [0.2, 0.25) is 0 Å². The van der Waals surface area contributed by atoms with Crippen LogP contribution in [0.25, 0.3) is 27.8 Å². The second-order valence-corrected chi connectivity index (χ2v) is 24.4. The van der Waals surface area contributed by atoms with E-state index in [0.29, 0.717) is 6.54 Å². The van der Waals surface area contributed by atoms with Gasteiger partial charge in [0.1, 0.15) is 0 Å². The summed E-state index contributed by atoms with van der Waals surface area (Å²) in [7, 11) is 0. The monoisotopic (exact) mass is 1180 g/mol. The summed E-state index contributed by atoms with van der Waals surface area (Å²) in [4.78, 5) is 4.82. The lowest BCUT2D eigenvalue weighted by Gasteiger charge is -2.40. The Morgan fingerprint density at radius 2 is 0.793 bits per heavy atom. The van der Waals surface area contributed by atoms with Crippen LogP contribution in [-0.2, 0) is 10.8 Å². The Kier molecular flexibility index (Phi) is 14.5. The van der Waals surface area contributed by atoms with E-state index in [1.807, 2.05) is 0 Å². The van der Waals surface area contributed by atoms with Gasteiger partial charge in [-0.1, -0.05) is 303 Å². The second kappa shape index (κ2) is 23.9. The molecule has 438 valence electrons. The molecule has 0 fully saturated rings. The molecule has 0 saturated heterocycles. The van der Waals surface area contributed by atoms with Gasteiger partial charge in [-0.2, -0.15) is 0 Å². The molecular weight excluding hydrogens is 1110 g/mol. The predicted octanol–water partition coefficient (Wildman–Crippen LogP) is 22.4. The first kappa shape index (κ1) is 56.0. The van der Waals surface area contributed by atoms with Gasteiger partial charge in [0.05, 0.1) is 10.8 Å². The highest BCUT2D eigenvalue weighted by Gasteiger charge is 2.49. The fourth-order valence-electron chi connectivity index (χ4n) is 15.9. The second-order valence-electron chi connectivity index (χ2n) is 24.4. The maximum atomic E-state index is 2.61. The lowest BCUT2D eigenvalue weighted by molar-refractivity contribution is 0.639. The maximum absolute atomic E-state index is 2.61. The van der Waals surface area contributed by atoms with E-state index in [2.05, 4.69) is 387 Å². The maximum Gasteiger partial charge on any atom is 0.0713 e. The van der Waals surface area contributed by atoms with Gasteiger partial charge >= 0.3 is 0 Å². The van der Waals surface area contributed by atoms with E-state index in [0.717, 1.165) is 28.4 Å². The number of fused-ring (bicyclic) bond motifs is 7. The molecule has 0 amide bonds. The van der Waals surface area contributed by atoms with Crippen LogP contribution in [0.5, 0.6) is 0 Å². The number of para-hydroxylation sites is 3. The normalized spacial score (nSPS) is 17.1. The van der Waals surface area contributed by atoms with Crippen LogP contribution in [0.15, 0.2) is 387 Å². The summed E-state index contributed by atoms with van der Waals surface area (Å²) in [6.45, 7) is 2.74. The fourth-order valence-corrected chi connectivity index (χ4v) is 15.9. The van der Waals surface area contributed by atoms with Crippen molar-refractivity contribution in [1.29, 1.82) is 0 Å². The van der Waals surface area contributed by atoms with E-state index in [4.69, 9.17) is 0 Å². The molecule has 2 nitrogen and oxygen atoms in total. The number of nitrogens with zero attached hydrogens (tertiary/aromatic N) is 2. The molecule has 4 aliphatic carbocycles. The summed E-state index contributed by atoms with van der Waals surface area (Å²) < 4.78 is 0. The third-order valence-electron chi connectivity index (χ3n) is 19.7. The number of hydrogen-bond donors (Lipinski definition) is 0. The quantitative estimate of drug-likeness (QED) is 0.107. The van der Waals surface area contributed by atoms with Gasteiger partial charge in [-0.3, -0.25) is 0 Å². The zero-order valence-electron chi connectivity index (χ0n) is 51.5. The number of anilines is 5. The highest BCUT2D eigenvalue weighted by Crippen LogP contribution is 2.61. The summed E-state index contributed by atoms with van der Waals surface area (Å²) in [5.41, 5.74) is 27.2. The van der Waals surface area contributed by atoms with Crippen molar-refractivity contribution in [3.63, 3.8) is 0 Å².